The van der Waals surface area contributed by atoms with Gasteiger partial charge in [-0.1, -0.05) is 0 Å². The maximum absolute atomic E-state index is 4.44. The van der Waals surface area contributed by atoms with E-state index < -0.39 is 0 Å². The third-order valence-corrected chi connectivity index (χ3v) is 2.64. The predicted octanol–water partition coefficient (Wildman–Crippen LogP) is 1.86. The van der Waals surface area contributed by atoms with E-state index in [1.54, 1.807) is 12.4 Å². The van der Waals surface area contributed by atoms with Gasteiger partial charge in [0.2, 0.25) is 0 Å². The van der Waals surface area contributed by atoms with Crippen LogP contribution in [-0.2, 0) is 6.54 Å². The summed E-state index contributed by atoms with van der Waals surface area (Å²) in [7, 11) is 3.87. The third-order valence-electron chi connectivity index (χ3n) is 2.64. The van der Waals surface area contributed by atoms with Gasteiger partial charge in [0.25, 0.3) is 0 Å². The van der Waals surface area contributed by atoms with Crippen LogP contribution in [0.3, 0.4) is 0 Å². The van der Waals surface area contributed by atoms with Crippen LogP contribution >= 0.6 is 0 Å². The van der Waals surface area contributed by atoms with Crippen LogP contribution in [0.4, 0.5) is 11.6 Å². The summed E-state index contributed by atoms with van der Waals surface area (Å²) in [6.07, 6.45) is 3.60. The summed E-state index contributed by atoms with van der Waals surface area (Å²) in [6.45, 7) is 2.69. The molecule has 2 heterocycles. The second-order valence-corrected chi connectivity index (χ2v) is 4.12. The Hall–Kier alpha value is -2.17. The topological polar surface area (TPSA) is 53.9 Å². The third kappa shape index (κ3) is 2.94. The van der Waals surface area contributed by atoms with Crippen molar-refractivity contribution in [2.45, 2.75) is 13.5 Å². The van der Waals surface area contributed by atoms with Gasteiger partial charge in [-0.3, -0.25) is 4.98 Å². The lowest BCUT2D eigenvalue weighted by Gasteiger charge is -2.19. The fourth-order valence-corrected chi connectivity index (χ4v) is 1.72. The molecule has 0 aromatic carbocycles. The van der Waals surface area contributed by atoms with Gasteiger partial charge in [0.05, 0.1) is 0 Å². The first kappa shape index (κ1) is 12.3. The highest BCUT2D eigenvalue weighted by Crippen LogP contribution is 2.16. The molecule has 2 rings (SSSR count). The molecule has 5 nitrogen and oxygen atoms in total. The molecule has 0 fully saturated rings. The minimum absolute atomic E-state index is 0.762. The van der Waals surface area contributed by atoms with E-state index in [0.717, 1.165) is 24.0 Å². The van der Waals surface area contributed by atoms with Gasteiger partial charge in [0, 0.05) is 39.1 Å². The van der Waals surface area contributed by atoms with Gasteiger partial charge in [0.1, 0.15) is 17.5 Å². The van der Waals surface area contributed by atoms with Crippen LogP contribution in [0.5, 0.6) is 0 Å². The minimum atomic E-state index is 0.762. The summed E-state index contributed by atoms with van der Waals surface area (Å²) in [5.74, 6) is 2.50. The molecule has 5 heteroatoms. The second kappa shape index (κ2) is 5.44. The lowest BCUT2D eigenvalue weighted by atomic mass is 10.2. The number of rotatable bonds is 4. The van der Waals surface area contributed by atoms with Crippen LogP contribution in [0.25, 0.3) is 0 Å². The summed E-state index contributed by atoms with van der Waals surface area (Å²) in [5.41, 5.74) is 1.20. The molecule has 0 saturated heterocycles. The van der Waals surface area contributed by atoms with Crippen LogP contribution in [0, 0.1) is 6.92 Å². The maximum atomic E-state index is 4.44. The number of nitrogens with zero attached hydrogens (tertiary/aromatic N) is 4. The standard InChI is InChI=1S/C13H17N5/c1-10-16-12(14-2)8-13(17-10)18(3)9-11-4-6-15-7-5-11/h4-8H,9H2,1-3H3,(H,14,16,17). The first-order valence-corrected chi connectivity index (χ1v) is 5.82. The number of aryl methyl sites for hydroxylation is 1. The predicted molar refractivity (Wildman–Crippen MR) is 72.7 cm³/mol. The van der Waals surface area contributed by atoms with Crippen LogP contribution < -0.4 is 10.2 Å². The zero-order valence-electron chi connectivity index (χ0n) is 10.9. The van der Waals surface area contributed by atoms with E-state index in [9.17, 15) is 0 Å². The molecule has 2 aromatic rings. The molecule has 0 unspecified atom stereocenters. The molecule has 0 aliphatic carbocycles. The second-order valence-electron chi connectivity index (χ2n) is 4.12. The summed E-state index contributed by atoms with van der Waals surface area (Å²) in [6, 6.07) is 5.95. The number of hydrogen-bond donors (Lipinski definition) is 1. The van der Waals surface area contributed by atoms with Crippen molar-refractivity contribution < 1.29 is 0 Å². The molecule has 0 aliphatic rings. The lowest BCUT2D eigenvalue weighted by Crippen LogP contribution is -2.18. The highest BCUT2D eigenvalue weighted by Gasteiger charge is 2.06. The summed E-state index contributed by atoms with van der Waals surface area (Å²) >= 11 is 0. The smallest absolute Gasteiger partial charge is 0.134 e. The largest absolute Gasteiger partial charge is 0.373 e. The van der Waals surface area contributed by atoms with Gasteiger partial charge in [-0.25, -0.2) is 9.97 Å². The van der Waals surface area contributed by atoms with E-state index in [-0.39, 0.29) is 0 Å². The Bertz CT molecular complexity index is 512. The van der Waals surface area contributed by atoms with Gasteiger partial charge in [-0.2, -0.15) is 0 Å². The molecule has 0 radical (unpaired) electrons. The molecule has 1 N–H and O–H groups in total. The number of aromatic nitrogens is 3. The number of anilines is 2. The first-order chi connectivity index (χ1) is 8.69. The quantitative estimate of drug-likeness (QED) is 0.888. The average Bonchev–Trinajstić information content (AvgIpc) is 2.39. The Kier molecular flexibility index (Phi) is 3.72. The zero-order chi connectivity index (χ0) is 13.0. The molecule has 0 bridgehead atoms. The van der Waals surface area contributed by atoms with Crippen molar-refractivity contribution in [3.8, 4) is 0 Å². The van der Waals surface area contributed by atoms with Gasteiger partial charge in [-0.05, 0) is 24.6 Å². The Morgan fingerprint density at radius 2 is 1.94 bits per heavy atom. The number of pyridine rings is 1. The van der Waals surface area contributed by atoms with Crippen LogP contribution in [0.15, 0.2) is 30.6 Å². The highest BCUT2D eigenvalue weighted by atomic mass is 15.2. The molecule has 0 spiro atoms. The van der Waals surface area contributed by atoms with Crippen molar-refractivity contribution in [3.63, 3.8) is 0 Å². The molecule has 0 amide bonds. The molecule has 0 aliphatic heterocycles. The fraction of sp³-hybridized carbons (Fsp3) is 0.308. The minimum Gasteiger partial charge on any atom is -0.373 e. The van der Waals surface area contributed by atoms with E-state index in [1.807, 2.05) is 39.2 Å². The van der Waals surface area contributed by atoms with Gasteiger partial charge >= 0.3 is 0 Å². The van der Waals surface area contributed by atoms with Crippen LogP contribution in [-0.4, -0.2) is 29.0 Å². The molecule has 2 aromatic heterocycles. The Balaban J connectivity index is 2.18. The van der Waals surface area contributed by atoms with Crippen molar-refractivity contribution in [2.24, 2.45) is 0 Å². The zero-order valence-corrected chi connectivity index (χ0v) is 10.9. The summed E-state index contributed by atoms with van der Waals surface area (Å²) < 4.78 is 0. The van der Waals surface area contributed by atoms with E-state index in [4.69, 9.17) is 0 Å². The average molecular weight is 243 g/mol. The molecular weight excluding hydrogens is 226 g/mol. The van der Waals surface area contributed by atoms with E-state index in [0.29, 0.717) is 0 Å². The summed E-state index contributed by atoms with van der Waals surface area (Å²) in [5, 5.41) is 3.04. The summed E-state index contributed by atoms with van der Waals surface area (Å²) in [4.78, 5) is 14.8. The van der Waals surface area contributed by atoms with Crippen molar-refractivity contribution in [2.75, 3.05) is 24.3 Å². The van der Waals surface area contributed by atoms with Crippen molar-refractivity contribution >= 4 is 11.6 Å². The van der Waals surface area contributed by atoms with E-state index in [1.165, 1.54) is 5.56 Å². The van der Waals surface area contributed by atoms with Crippen molar-refractivity contribution in [1.82, 2.24) is 15.0 Å². The maximum Gasteiger partial charge on any atom is 0.134 e. The fourth-order valence-electron chi connectivity index (χ4n) is 1.72. The van der Waals surface area contributed by atoms with Gasteiger partial charge in [0.15, 0.2) is 0 Å². The number of hydrogen-bond acceptors (Lipinski definition) is 5. The Labute approximate surface area is 107 Å². The number of nitrogens with one attached hydrogen (secondary N) is 1. The van der Waals surface area contributed by atoms with E-state index >= 15 is 0 Å². The van der Waals surface area contributed by atoms with E-state index in [2.05, 4.69) is 25.2 Å². The highest BCUT2D eigenvalue weighted by molar-refractivity contribution is 5.48. The molecule has 94 valence electrons. The molecule has 0 saturated carbocycles. The van der Waals surface area contributed by atoms with Gasteiger partial charge in [-0.15, -0.1) is 0 Å². The first-order valence-electron chi connectivity index (χ1n) is 5.82. The molecule has 0 atom stereocenters. The van der Waals surface area contributed by atoms with Crippen LogP contribution in [0.2, 0.25) is 0 Å². The molecular formula is C13H17N5. The lowest BCUT2D eigenvalue weighted by molar-refractivity contribution is 0.878. The normalized spacial score (nSPS) is 10.2. The van der Waals surface area contributed by atoms with Gasteiger partial charge < -0.3 is 10.2 Å². The monoisotopic (exact) mass is 243 g/mol. The van der Waals surface area contributed by atoms with Crippen molar-refractivity contribution in [1.29, 1.82) is 0 Å². The van der Waals surface area contributed by atoms with Crippen LogP contribution in [0.1, 0.15) is 11.4 Å². The van der Waals surface area contributed by atoms with Crippen molar-refractivity contribution in [3.05, 3.63) is 42.0 Å². The Morgan fingerprint density at radius 3 is 2.61 bits per heavy atom. The molecule has 18 heavy (non-hydrogen) atoms. The Morgan fingerprint density at radius 1 is 1.22 bits per heavy atom. The SMILES string of the molecule is CNc1cc(N(C)Cc2ccncc2)nc(C)n1.